The number of allylic oxidation sites excluding steroid dienone is 1. The number of benzene rings is 2. The Kier molecular flexibility index (Phi) is 7.92. The highest BCUT2D eigenvalue weighted by molar-refractivity contribution is 6.07. The van der Waals surface area contributed by atoms with Crippen LogP contribution in [0.4, 0.5) is 0 Å². The zero-order valence-electron chi connectivity index (χ0n) is 18.5. The predicted molar refractivity (Wildman–Crippen MR) is 119 cm³/mol. The van der Waals surface area contributed by atoms with Gasteiger partial charge in [-0.3, -0.25) is 9.69 Å². The molecule has 2 aromatic carbocycles. The first-order valence-corrected chi connectivity index (χ1v) is 10.1. The van der Waals surface area contributed by atoms with Crippen LogP contribution in [-0.2, 0) is 11.3 Å². The SMILES string of the molecule is COc1ccc(C(=O)/C=C/c2cc(OC)c(OC)c(OC)c2)cc1CN1CCOCC1. The molecule has 1 aliphatic rings. The highest BCUT2D eigenvalue weighted by Gasteiger charge is 2.16. The lowest BCUT2D eigenvalue weighted by Gasteiger charge is -2.27. The molecule has 0 atom stereocenters. The monoisotopic (exact) mass is 427 g/mol. The number of rotatable bonds is 9. The summed E-state index contributed by atoms with van der Waals surface area (Å²) >= 11 is 0. The topological polar surface area (TPSA) is 66.5 Å². The highest BCUT2D eigenvalue weighted by Crippen LogP contribution is 2.38. The second-order valence-corrected chi connectivity index (χ2v) is 7.07. The van der Waals surface area contributed by atoms with Crippen molar-refractivity contribution in [2.24, 2.45) is 0 Å². The van der Waals surface area contributed by atoms with Gasteiger partial charge in [-0.2, -0.15) is 0 Å². The Morgan fingerprint density at radius 3 is 2.16 bits per heavy atom. The average Bonchev–Trinajstić information content (AvgIpc) is 2.82. The molecule has 0 aliphatic carbocycles. The van der Waals surface area contributed by atoms with Crippen molar-refractivity contribution in [3.05, 3.63) is 53.1 Å². The molecule has 0 amide bonds. The van der Waals surface area contributed by atoms with E-state index in [9.17, 15) is 4.79 Å². The molecule has 7 heteroatoms. The van der Waals surface area contributed by atoms with E-state index in [0.29, 0.717) is 29.4 Å². The van der Waals surface area contributed by atoms with Crippen LogP contribution in [0.2, 0.25) is 0 Å². The summed E-state index contributed by atoms with van der Waals surface area (Å²) < 4.78 is 27.0. The van der Waals surface area contributed by atoms with Crippen molar-refractivity contribution in [2.45, 2.75) is 6.54 Å². The summed E-state index contributed by atoms with van der Waals surface area (Å²) in [6.45, 7) is 3.88. The Morgan fingerprint density at radius 2 is 1.58 bits per heavy atom. The van der Waals surface area contributed by atoms with Crippen molar-refractivity contribution >= 4 is 11.9 Å². The Labute approximate surface area is 183 Å². The van der Waals surface area contributed by atoms with Crippen LogP contribution >= 0.6 is 0 Å². The molecule has 1 fully saturated rings. The van der Waals surface area contributed by atoms with Gasteiger partial charge >= 0.3 is 0 Å². The second kappa shape index (κ2) is 10.8. The third kappa shape index (κ3) is 5.57. The predicted octanol–water partition coefficient (Wildman–Crippen LogP) is 3.45. The molecule has 0 aromatic heterocycles. The van der Waals surface area contributed by atoms with Crippen LogP contribution in [0, 0.1) is 0 Å². The van der Waals surface area contributed by atoms with Crippen LogP contribution in [0.15, 0.2) is 36.4 Å². The van der Waals surface area contributed by atoms with Crippen LogP contribution in [0.1, 0.15) is 21.5 Å². The molecule has 2 aromatic rings. The standard InChI is InChI=1S/C24H29NO6/c1-27-21-8-6-18(15-19(21)16-25-9-11-31-12-10-25)20(26)7-5-17-13-22(28-2)24(30-4)23(14-17)29-3/h5-8,13-15H,9-12,16H2,1-4H3/b7-5+. The minimum absolute atomic E-state index is 0.0976. The molecule has 0 saturated carbocycles. The molecule has 166 valence electrons. The van der Waals surface area contributed by atoms with E-state index in [2.05, 4.69) is 4.90 Å². The normalized spacial score (nSPS) is 14.5. The minimum atomic E-state index is -0.0976. The fraction of sp³-hybridized carbons (Fsp3) is 0.375. The van der Waals surface area contributed by atoms with Gasteiger partial charge in [0.05, 0.1) is 41.7 Å². The molecule has 1 aliphatic heterocycles. The summed E-state index contributed by atoms with van der Waals surface area (Å²) in [4.78, 5) is 15.1. The van der Waals surface area contributed by atoms with Gasteiger partial charge in [0.15, 0.2) is 17.3 Å². The summed E-state index contributed by atoms with van der Waals surface area (Å²) in [5.41, 5.74) is 2.36. The third-order valence-corrected chi connectivity index (χ3v) is 5.18. The summed E-state index contributed by atoms with van der Waals surface area (Å²) in [7, 11) is 6.31. The van der Waals surface area contributed by atoms with Gasteiger partial charge in [-0.05, 0) is 42.0 Å². The first-order valence-electron chi connectivity index (χ1n) is 10.1. The van der Waals surface area contributed by atoms with Crippen LogP contribution in [0.3, 0.4) is 0 Å². The van der Waals surface area contributed by atoms with E-state index < -0.39 is 0 Å². The summed E-state index contributed by atoms with van der Waals surface area (Å²) in [5.74, 6) is 2.25. The van der Waals surface area contributed by atoms with Crippen LogP contribution in [0.25, 0.3) is 6.08 Å². The Morgan fingerprint density at radius 1 is 0.935 bits per heavy atom. The van der Waals surface area contributed by atoms with Gasteiger partial charge in [-0.15, -0.1) is 0 Å². The molecule has 0 bridgehead atoms. The van der Waals surface area contributed by atoms with E-state index >= 15 is 0 Å². The first-order chi connectivity index (χ1) is 15.1. The number of nitrogens with zero attached hydrogens (tertiary/aromatic N) is 1. The number of carbonyl (C=O) groups excluding carboxylic acids is 1. The lowest BCUT2D eigenvalue weighted by atomic mass is 10.0. The number of carbonyl (C=O) groups is 1. The van der Waals surface area contributed by atoms with Crippen molar-refractivity contribution in [3.8, 4) is 23.0 Å². The number of ether oxygens (including phenoxy) is 5. The maximum absolute atomic E-state index is 12.8. The molecule has 0 spiro atoms. The molecular weight excluding hydrogens is 398 g/mol. The zero-order valence-corrected chi connectivity index (χ0v) is 18.5. The number of hydrogen-bond donors (Lipinski definition) is 0. The number of morpholine rings is 1. The maximum Gasteiger partial charge on any atom is 0.203 e. The highest BCUT2D eigenvalue weighted by atomic mass is 16.5. The van der Waals surface area contributed by atoms with Crippen molar-refractivity contribution < 1.29 is 28.5 Å². The van der Waals surface area contributed by atoms with Gasteiger partial charge in [0.2, 0.25) is 5.75 Å². The largest absolute Gasteiger partial charge is 0.496 e. The zero-order chi connectivity index (χ0) is 22.2. The van der Waals surface area contributed by atoms with Gasteiger partial charge in [0, 0.05) is 30.8 Å². The van der Waals surface area contributed by atoms with Crippen molar-refractivity contribution in [3.63, 3.8) is 0 Å². The molecular formula is C24H29NO6. The first kappa shape index (κ1) is 22.7. The fourth-order valence-electron chi connectivity index (χ4n) is 3.52. The van der Waals surface area contributed by atoms with Gasteiger partial charge in [0.25, 0.3) is 0 Å². The molecule has 1 heterocycles. The lowest BCUT2D eigenvalue weighted by molar-refractivity contribution is 0.0338. The van der Waals surface area contributed by atoms with Crippen LogP contribution < -0.4 is 18.9 Å². The van der Waals surface area contributed by atoms with E-state index in [1.807, 2.05) is 12.1 Å². The van der Waals surface area contributed by atoms with E-state index in [0.717, 1.165) is 43.2 Å². The molecule has 0 unspecified atom stereocenters. The summed E-state index contributed by atoms with van der Waals surface area (Å²) in [5, 5.41) is 0. The van der Waals surface area contributed by atoms with E-state index in [1.54, 1.807) is 58.8 Å². The van der Waals surface area contributed by atoms with E-state index in [4.69, 9.17) is 23.7 Å². The molecule has 31 heavy (non-hydrogen) atoms. The maximum atomic E-state index is 12.8. The van der Waals surface area contributed by atoms with Gasteiger partial charge in [0.1, 0.15) is 5.75 Å². The van der Waals surface area contributed by atoms with Gasteiger partial charge in [-0.25, -0.2) is 0 Å². The molecule has 0 N–H and O–H groups in total. The van der Waals surface area contributed by atoms with Crippen LogP contribution in [-0.4, -0.2) is 65.4 Å². The van der Waals surface area contributed by atoms with Crippen molar-refractivity contribution in [2.75, 3.05) is 54.7 Å². The number of ketones is 1. The molecule has 3 rings (SSSR count). The van der Waals surface area contributed by atoms with E-state index in [-0.39, 0.29) is 5.78 Å². The summed E-state index contributed by atoms with van der Waals surface area (Å²) in [6.07, 6.45) is 3.28. The molecule has 1 saturated heterocycles. The number of methoxy groups -OCH3 is 4. The molecule has 7 nitrogen and oxygen atoms in total. The molecule has 0 radical (unpaired) electrons. The Hall–Kier alpha value is -3.03. The summed E-state index contributed by atoms with van der Waals surface area (Å²) in [6, 6.07) is 9.11. The average molecular weight is 427 g/mol. The smallest absolute Gasteiger partial charge is 0.203 e. The van der Waals surface area contributed by atoms with Crippen LogP contribution in [0.5, 0.6) is 23.0 Å². The number of hydrogen-bond acceptors (Lipinski definition) is 7. The second-order valence-electron chi connectivity index (χ2n) is 7.07. The van der Waals surface area contributed by atoms with E-state index in [1.165, 1.54) is 0 Å². The quantitative estimate of drug-likeness (QED) is 0.449. The third-order valence-electron chi connectivity index (χ3n) is 5.18. The van der Waals surface area contributed by atoms with Gasteiger partial charge in [-0.1, -0.05) is 6.08 Å². The van der Waals surface area contributed by atoms with Crippen molar-refractivity contribution in [1.29, 1.82) is 0 Å². The lowest BCUT2D eigenvalue weighted by Crippen LogP contribution is -2.35. The van der Waals surface area contributed by atoms with Gasteiger partial charge < -0.3 is 23.7 Å². The minimum Gasteiger partial charge on any atom is -0.496 e. The Balaban J connectivity index is 1.81. The van der Waals surface area contributed by atoms with Crippen molar-refractivity contribution in [1.82, 2.24) is 4.90 Å². The fourth-order valence-corrected chi connectivity index (χ4v) is 3.52. The Bertz CT molecular complexity index is 909.